The summed E-state index contributed by atoms with van der Waals surface area (Å²) in [6.45, 7) is 3.79. The monoisotopic (exact) mass is 281 g/mol. The molecule has 5 heteroatoms. The molecule has 0 saturated heterocycles. The van der Waals surface area contributed by atoms with Crippen molar-refractivity contribution in [1.29, 1.82) is 0 Å². The Balaban J connectivity index is 2.16. The van der Waals surface area contributed by atoms with E-state index in [1.165, 1.54) is 6.92 Å². The zero-order valence-electron chi connectivity index (χ0n) is 10.1. The van der Waals surface area contributed by atoms with E-state index in [1.807, 2.05) is 12.3 Å². The van der Waals surface area contributed by atoms with Gasteiger partial charge in [-0.25, -0.2) is 4.98 Å². The van der Waals surface area contributed by atoms with Gasteiger partial charge < -0.3 is 4.74 Å². The normalized spacial score (nSPS) is 10.4. The number of hydrogen-bond donors (Lipinski definition) is 0. The predicted octanol–water partition coefficient (Wildman–Crippen LogP) is 3.89. The Morgan fingerprint density at radius 2 is 2.28 bits per heavy atom. The van der Waals surface area contributed by atoms with Crippen LogP contribution >= 0.6 is 22.9 Å². The molecule has 0 atom stereocenters. The van der Waals surface area contributed by atoms with Crippen molar-refractivity contribution in [2.45, 2.75) is 20.5 Å². The number of Topliss-reactive ketones (excluding diaryl/α,β-unsaturated/α-hetero) is 1. The van der Waals surface area contributed by atoms with Crippen molar-refractivity contribution in [3.05, 3.63) is 44.9 Å². The van der Waals surface area contributed by atoms with E-state index in [1.54, 1.807) is 29.5 Å². The highest BCUT2D eigenvalue weighted by molar-refractivity contribution is 7.09. The van der Waals surface area contributed by atoms with Crippen LogP contribution in [-0.4, -0.2) is 10.8 Å². The highest BCUT2D eigenvalue weighted by Gasteiger charge is 2.10. The molecule has 94 valence electrons. The Bertz CT molecular complexity index is 580. The first-order chi connectivity index (χ1) is 8.56. The molecule has 0 bridgehead atoms. The largest absolute Gasteiger partial charge is 0.487 e. The van der Waals surface area contributed by atoms with E-state index in [-0.39, 0.29) is 5.78 Å². The molecule has 3 nitrogen and oxygen atoms in total. The van der Waals surface area contributed by atoms with Gasteiger partial charge in [0.2, 0.25) is 0 Å². The molecule has 0 saturated carbocycles. The number of aromatic nitrogens is 1. The maximum atomic E-state index is 11.5. The van der Waals surface area contributed by atoms with Gasteiger partial charge in [-0.15, -0.1) is 11.3 Å². The summed E-state index contributed by atoms with van der Waals surface area (Å²) in [4.78, 5) is 15.8. The second kappa shape index (κ2) is 5.50. The molecule has 0 fully saturated rings. The fourth-order valence-corrected chi connectivity index (χ4v) is 2.30. The molecule has 0 aliphatic rings. The van der Waals surface area contributed by atoms with Crippen LogP contribution in [0.3, 0.4) is 0 Å². The van der Waals surface area contributed by atoms with Crippen LogP contribution in [0.1, 0.15) is 28.0 Å². The molecule has 0 aliphatic heterocycles. The number of rotatable bonds is 4. The second-order valence-corrected chi connectivity index (χ2v) is 5.34. The maximum absolute atomic E-state index is 11.5. The van der Waals surface area contributed by atoms with E-state index < -0.39 is 0 Å². The van der Waals surface area contributed by atoms with Crippen LogP contribution in [0.4, 0.5) is 0 Å². The number of benzene rings is 1. The van der Waals surface area contributed by atoms with E-state index >= 15 is 0 Å². The Morgan fingerprint density at radius 1 is 1.50 bits per heavy atom. The lowest BCUT2D eigenvalue weighted by atomic mass is 10.1. The van der Waals surface area contributed by atoms with E-state index in [2.05, 4.69) is 4.98 Å². The number of thiazole rings is 1. The molecule has 2 rings (SSSR count). The van der Waals surface area contributed by atoms with Gasteiger partial charge in [-0.05, 0) is 32.0 Å². The van der Waals surface area contributed by atoms with Gasteiger partial charge in [-0.1, -0.05) is 11.6 Å². The van der Waals surface area contributed by atoms with Gasteiger partial charge in [0.1, 0.15) is 12.4 Å². The first kappa shape index (κ1) is 13.1. The van der Waals surface area contributed by atoms with Gasteiger partial charge >= 0.3 is 0 Å². The molecule has 0 N–H and O–H groups in total. The van der Waals surface area contributed by atoms with Crippen LogP contribution in [0, 0.1) is 6.92 Å². The molecule has 0 radical (unpaired) electrons. The summed E-state index contributed by atoms with van der Waals surface area (Å²) in [6, 6.07) is 5.03. The zero-order valence-corrected chi connectivity index (χ0v) is 11.6. The molecule has 0 aliphatic carbocycles. The summed E-state index contributed by atoms with van der Waals surface area (Å²) in [5.74, 6) is 0.472. The maximum Gasteiger partial charge on any atom is 0.163 e. The molecule has 18 heavy (non-hydrogen) atoms. The summed E-state index contributed by atoms with van der Waals surface area (Å²) in [5, 5.41) is 3.46. The third-order valence-corrected chi connectivity index (χ3v) is 3.42. The van der Waals surface area contributed by atoms with Crippen molar-refractivity contribution in [3.8, 4) is 5.75 Å². The van der Waals surface area contributed by atoms with Gasteiger partial charge in [0.15, 0.2) is 5.78 Å². The topological polar surface area (TPSA) is 39.2 Å². The van der Waals surface area contributed by atoms with E-state index in [9.17, 15) is 4.79 Å². The van der Waals surface area contributed by atoms with Crippen molar-refractivity contribution in [1.82, 2.24) is 4.98 Å². The summed E-state index contributed by atoms with van der Waals surface area (Å²) in [7, 11) is 0. The number of halogens is 1. The smallest absolute Gasteiger partial charge is 0.163 e. The molecule has 0 unspecified atom stereocenters. The molecule has 1 heterocycles. The first-order valence-electron chi connectivity index (χ1n) is 5.40. The summed E-state index contributed by atoms with van der Waals surface area (Å²) < 4.78 is 5.62. The fourth-order valence-electron chi connectivity index (χ4n) is 1.53. The number of ketones is 1. The number of aryl methyl sites for hydroxylation is 1. The van der Waals surface area contributed by atoms with Gasteiger partial charge in [0.05, 0.1) is 16.3 Å². The highest BCUT2D eigenvalue weighted by Crippen LogP contribution is 2.24. The third kappa shape index (κ3) is 3.09. The highest BCUT2D eigenvalue weighted by atomic mass is 35.5. The average Bonchev–Trinajstić information content (AvgIpc) is 2.73. The lowest BCUT2D eigenvalue weighted by molar-refractivity contribution is 0.101. The fraction of sp³-hybridized carbons (Fsp3) is 0.231. The van der Waals surface area contributed by atoms with Crippen molar-refractivity contribution in [3.63, 3.8) is 0 Å². The van der Waals surface area contributed by atoms with Crippen LogP contribution in [0.25, 0.3) is 0 Å². The standard InChI is InChI=1S/C13H12ClNO2S/c1-8(16)12-5-10(14)3-4-13(12)17-6-11-7-18-9(2)15-11/h3-5,7H,6H2,1-2H3. The quantitative estimate of drug-likeness (QED) is 0.798. The van der Waals surface area contributed by atoms with E-state index in [0.29, 0.717) is 22.9 Å². The molecular weight excluding hydrogens is 270 g/mol. The SMILES string of the molecule is CC(=O)c1cc(Cl)ccc1OCc1csc(C)n1. The van der Waals surface area contributed by atoms with Gasteiger partial charge in [-0.2, -0.15) is 0 Å². The summed E-state index contributed by atoms with van der Waals surface area (Å²) >= 11 is 7.44. The minimum atomic E-state index is -0.0676. The Kier molecular flexibility index (Phi) is 3.99. The lowest BCUT2D eigenvalue weighted by Crippen LogP contribution is -2.02. The van der Waals surface area contributed by atoms with Crippen molar-refractivity contribution in [2.75, 3.05) is 0 Å². The molecular formula is C13H12ClNO2S. The van der Waals surface area contributed by atoms with Crippen LogP contribution in [0.15, 0.2) is 23.6 Å². The number of hydrogen-bond acceptors (Lipinski definition) is 4. The predicted molar refractivity (Wildman–Crippen MR) is 72.6 cm³/mol. The molecule has 0 spiro atoms. The van der Waals surface area contributed by atoms with E-state index in [4.69, 9.17) is 16.3 Å². The van der Waals surface area contributed by atoms with Crippen molar-refractivity contribution >= 4 is 28.7 Å². The number of carbonyl (C=O) groups excluding carboxylic acids is 1. The molecule has 0 amide bonds. The number of ether oxygens (including phenoxy) is 1. The zero-order chi connectivity index (χ0) is 13.1. The Labute approximate surface area is 114 Å². The number of nitrogens with zero attached hydrogens (tertiary/aromatic N) is 1. The van der Waals surface area contributed by atoms with E-state index in [0.717, 1.165) is 10.7 Å². The minimum absolute atomic E-state index is 0.0676. The first-order valence-corrected chi connectivity index (χ1v) is 6.66. The lowest BCUT2D eigenvalue weighted by Gasteiger charge is -2.08. The Morgan fingerprint density at radius 3 is 2.89 bits per heavy atom. The van der Waals surface area contributed by atoms with Crippen molar-refractivity contribution in [2.24, 2.45) is 0 Å². The van der Waals surface area contributed by atoms with Crippen LogP contribution in [0.2, 0.25) is 5.02 Å². The minimum Gasteiger partial charge on any atom is -0.487 e. The van der Waals surface area contributed by atoms with Crippen LogP contribution < -0.4 is 4.74 Å². The van der Waals surface area contributed by atoms with Gasteiger partial charge in [-0.3, -0.25) is 4.79 Å². The van der Waals surface area contributed by atoms with Crippen LogP contribution in [-0.2, 0) is 6.61 Å². The van der Waals surface area contributed by atoms with Crippen LogP contribution in [0.5, 0.6) is 5.75 Å². The van der Waals surface area contributed by atoms with Crippen molar-refractivity contribution < 1.29 is 9.53 Å². The Hall–Kier alpha value is -1.39. The summed E-state index contributed by atoms with van der Waals surface area (Å²) in [6.07, 6.45) is 0. The average molecular weight is 282 g/mol. The second-order valence-electron chi connectivity index (χ2n) is 3.84. The summed E-state index contributed by atoms with van der Waals surface area (Å²) in [5.41, 5.74) is 1.36. The molecule has 2 aromatic rings. The molecule has 1 aromatic heterocycles. The van der Waals surface area contributed by atoms with Gasteiger partial charge in [0, 0.05) is 10.4 Å². The third-order valence-electron chi connectivity index (χ3n) is 2.36. The van der Waals surface area contributed by atoms with Gasteiger partial charge in [0.25, 0.3) is 0 Å². The number of carbonyl (C=O) groups is 1. The molecule has 1 aromatic carbocycles.